The van der Waals surface area contributed by atoms with Gasteiger partial charge in [0.1, 0.15) is 22.8 Å². The summed E-state index contributed by atoms with van der Waals surface area (Å²) in [6.07, 6.45) is 0. The SMILES string of the molecule is CC1(C)Oc2c(ccc(O)c2-c2ccc(Cl)cc2Cl)-c2n[nH]c(C(=O)O)c21. The lowest BCUT2D eigenvalue weighted by Crippen LogP contribution is -2.31. The molecule has 3 N–H and O–H groups in total. The van der Waals surface area contributed by atoms with E-state index in [0.717, 1.165) is 0 Å². The number of H-pyrrole nitrogens is 1. The molecule has 1 aliphatic rings. The van der Waals surface area contributed by atoms with Gasteiger partial charge in [0.2, 0.25) is 0 Å². The molecule has 2 heterocycles. The monoisotopic (exact) mass is 404 g/mol. The number of rotatable bonds is 2. The molecule has 138 valence electrons. The number of nitrogens with zero attached hydrogens (tertiary/aromatic N) is 1. The maximum absolute atomic E-state index is 11.6. The number of aromatic hydroxyl groups is 1. The van der Waals surface area contributed by atoms with E-state index in [2.05, 4.69) is 10.2 Å². The van der Waals surface area contributed by atoms with Crippen molar-refractivity contribution in [3.63, 3.8) is 0 Å². The summed E-state index contributed by atoms with van der Waals surface area (Å²) < 4.78 is 6.17. The number of hydrogen-bond donors (Lipinski definition) is 3. The summed E-state index contributed by atoms with van der Waals surface area (Å²) in [6.45, 7) is 3.49. The van der Waals surface area contributed by atoms with Gasteiger partial charge in [-0.25, -0.2) is 4.79 Å². The highest BCUT2D eigenvalue weighted by Gasteiger charge is 2.41. The molecule has 0 aliphatic carbocycles. The van der Waals surface area contributed by atoms with Gasteiger partial charge < -0.3 is 14.9 Å². The third-order valence-corrected chi connectivity index (χ3v) is 5.08. The molecule has 1 aromatic heterocycles. The van der Waals surface area contributed by atoms with Gasteiger partial charge in [-0.1, -0.05) is 29.3 Å². The summed E-state index contributed by atoms with van der Waals surface area (Å²) in [5, 5.41) is 27.6. The molecule has 4 rings (SSSR count). The van der Waals surface area contributed by atoms with Crippen molar-refractivity contribution in [3.8, 4) is 33.9 Å². The molecule has 0 fully saturated rings. The van der Waals surface area contributed by atoms with Gasteiger partial charge in [0.25, 0.3) is 0 Å². The second-order valence-corrected chi connectivity index (χ2v) is 7.54. The molecule has 6 nitrogen and oxygen atoms in total. The van der Waals surface area contributed by atoms with Gasteiger partial charge >= 0.3 is 5.97 Å². The lowest BCUT2D eigenvalue weighted by atomic mass is 9.87. The zero-order chi connectivity index (χ0) is 19.5. The van der Waals surface area contributed by atoms with E-state index in [4.69, 9.17) is 27.9 Å². The highest BCUT2D eigenvalue weighted by Crippen LogP contribution is 2.53. The van der Waals surface area contributed by atoms with Crippen LogP contribution >= 0.6 is 23.2 Å². The molecule has 3 aromatic rings. The highest BCUT2D eigenvalue weighted by atomic mass is 35.5. The van der Waals surface area contributed by atoms with Crippen molar-refractivity contribution in [2.45, 2.75) is 19.4 Å². The standard InChI is InChI=1S/C19H14Cl2N2O4/c1-19(2)14-15(22-23-16(14)18(25)26)10-5-6-12(24)13(17(10)27-19)9-4-3-8(20)7-11(9)21/h3-7,24H,1-2H3,(H,22,23)(H,25,26). The molecule has 0 saturated carbocycles. The van der Waals surface area contributed by atoms with Crippen LogP contribution in [0.2, 0.25) is 10.0 Å². The quantitative estimate of drug-likeness (QED) is 0.553. The topological polar surface area (TPSA) is 95.4 Å². The fraction of sp³-hybridized carbons (Fsp3) is 0.158. The molecule has 0 bridgehead atoms. The maximum atomic E-state index is 11.6. The van der Waals surface area contributed by atoms with Crippen LogP contribution in [-0.2, 0) is 5.60 Å². The molecule has 27 heavy (non-hydrogen) atoms. The van der Waals surface area contributed by atoms with E-state index in [1.165, 1.54) is 6.07 Å². The molecule has 2 aromatic carbocycles. The number of ether oxygens (including phenoxy) is 1. The number of carboxylic acid groups (broad SMARTS) is 1. The lowest BCUT2D eigenvalue weighted by Gasteiger charge is -2.34. The van der Waals surface area contributed by atoms with Gasteiger partial charge in [-0.15, -0.1) is 0 Å². The fourth-order valence-corrected chi connectivity index (χ4v) is 3.90. The Kier molecular flexibility index (Phi) is 3.87. The number of carboxylic acids is 1. The predicted octanol–water partition coefficient (Wildman–Crippen LogP) is 5.08. The normalized spacial score (nSPS) is 14.2. The van der Waals surface area contributed by atoms with E-state index >= 15 is 0 Å². The Balaban J connectivity index is 2.04. The molecule has 0 amide bonds. The van der Waals surface area contributed by atoms with Gasteiger partial charge in [-0.05, 0) is 38.1 Å². The second-order valence-electron chi connectivity index (χ2n) is 6.70. The van der Waals surface area contributed by atoms with E-state index in [0.29, 0.717) is 43.7 Å². The van der Waals surface area contributed by atoms with E-state index < -0.39 is 11.6 Å². The summed E-state index contributed by atoms with van der Waals surface area (Å²) in [6, 6.07) is 8.07. The van der Waals surface area contributed by atoms with Crippen LogP contribution in [0.5, 0.6) is 11.5 Å². The van der Waals surface area contributed by atoms with Gasteiger partial charge in [0.05, 0.1) is 16.1 Å². The average molecular weight is 405 g/mol. The van der Waals surface area contributed by atoms with Crippen LogP contribution in [0.4, 0.5) is 0 Å². The molecule has 0 spiro atoms. The number of hydrogen-bond acceptors (Lipinski definition) is 4. The summed E-state index contributed by atoms with van der Waals surface area (Å²) in [4.78, 5) is 11.6. The van der Waals surface area contributed by atoms with Crippen molar-refractivity contribution in [2.75, 3.05) is 0 Å². The minimum Gasteiger partial charge on any atom is -0.507 e. The Morgan fingerprint density at radius 2 is 1.89 bits per heavy atom. The second kappa shape index (κ2) is 5.90. The Morgan fingerprint density at radius 3 is 2.56 bits per heavy atom. The molecule has 0 atom stereocenters. The van der Waals surface area contributed by atoms with Crippen LogP contribution in [-0.4, -0.2) is 26.4 Å². The first-order valence-electron chi connectivity index (χ1n) is 8.03. The fourth-order valence-electron chi connectivity index (χ4n) is 3.40. The van der Waals surface area contributed by atoms with Crippen LogP contribution in [0.25, 0.3) is 22.4 Å². The van der Waals surface area contributed by atoms with Gasteiger partial charge in [0.15, 0.2) is 5.69 Å². The van der Waals surface area contributed by atoms with E-state index in [9.17, 15) is 15.0 Å². The number of aromatic nitrogens is 2. The number of phenolic OH excluding ortho intramolecular Hbond substituents is 1. The summed E-state index contributed by atoms with van der Waals surface area (Å²) >= 11 is 12.3. The van der Waals surface area contributed by atoms with Gasteiger partial charge in [-0.2, -0.15) is 5.10 Å². The Labute approximate surface area is 164 Å². The first-order valence-corrected chi connectivity index (χ1v) is 8.79. The van der Waals surface area contributed by atoms with Crippen molar-refractivity contribution < 1.29 is 19.7 Å². The molecule has 0 radical (unpaired) electrons. The number of aromatic carboxylic acids is 1. The Hall–Kier alpha value is -2.70. The minimum absolute atomic E-state index is 0.0220. The summed E-state index contributed by atoms with van der Waals surface area (Å²) in [5.41, 5.74) is 1.39. The van der Waals surface area contributed by atoms with Crippen LogP contribution < -0.4 is 4.74 Å². The molecular formula is C19H14Cl2N2O4. The van der Waals surface area contributed by atoms with Crippen LogP contribution in [0, 0.1) is 0 Å². The van der Waals surface area contributed by atoms with E-state index in [1.54, 1.807) is 38.1 Å². The van der Waals surface area contributed by atoms with Crippen molar-refractivity contribution >= 4 is 29.2 Å². The van der Waals surface area contributed by atoms with Gasteiger partial charge in [0, 0.05) is 16.1 Å². The first kappa shape index (κ1) is 17.7. The van der Waals surface area contributed by atoms with Crippen LogP contribution in [0.3, 0.4) is 0 Å². The van der Waals surface area contributed by atoms with Crippen LogP contribution in [0.15, 0.2) is 30.3 Å². The third kappa shape index (κ3) is 2.64. The number of phenols is 1. The number of nitrogens with one attached hydrogen (secondary N) is 1. The van der Waals surface area contributed by atoms with Crippen molar-refractivity contribution in [1.82, 2.24) is 10.2 Å². The van der Waals surface area contributed by atoms with E-state index in [-0.39, 0.29) is 11.4 Å². The zero-order valence-electron chi connectivity index (χ0n) is 14.3. The number of halogens is 2. The molecule has 8 heteroatoms. The highest BCUT2D eigenvalue weighted by molar-refractivity contribution is 6.36. The zero-order valence-corrected chi connectivity index (χ0v) is 15.8. The van der Waals surface area contributed by atoms with Crippen molar-refractivity contribution in [3.05, 3.63) is 51.6 Å². The minimum atomic E-state index is -1.12. The smallest absolute Gasteiger partial charge is 0.354 e. The number of benzene rings is 2. The van der Waals surface area contributed by atoms with Crippen molar-refractivity contribution in [1.29, 1.82) is 0 Å². The third-order valence-electron chi connectivity index (χ3n) is 4.53. The summed E-state index contributed by atoms with van der Waals surface area (Å²) in [5.74, 6) is -0.769. The largest absolute Gasteiger partial charge is 0.507 e. The number of fused-ring (bicyclic) bond motifs is 3. The predicted molar refractivity (Wildman–Crippen MR) is 102 cm³/mol. The molecular weight excluding hydrogens is 391 g/mol. The lowest BCUT2D eigenvalue weighted by molar-refractivity contribution is 0.0665. The number of aromatic amines is 1. The first-order chi connectivity index (χ1) is 12.7. The molecule has 0 saturated heterocycles. The molecule has 1 aliphatic heterocycles. The average Bonchev–Trinajstić information content (AvgIpc) is 3.02. The van der Waals surface area contributed by atoms with E-state index in [1.807, 2.05) is 0 Å². The van der Waals surface area contributed by atoms with Crippen molar-refractivity contribution in [2.24, 2.45) is 0 Å². The molecule has 0 unspecified atom stereocenters. The summed E-state index contributed by atoms with van der Waals surface area (Å²) in [7, 11) is 0. The van der Waals surface area contributed by atoms with Gasteiger partial charge in [-0.3, -0.25) is 5.10 Å². The maximum Gasteiger partial charge on any atom is 0.354 e. The Bertz CT molecular complexity index is 1110. The van der Waals surface area contributed by atoms with Crippen LogP contribution in [0.1, 0.15) is 29.9 Å². The number of carbonyl (C=O) groups is 1. The Morgan fingerprint density at radius 1 is 1.19 bits per heavy atom.